The molecular weight excluding hydrogens is 468 g/mol. The van der Waals surface area contributed by atoms with Crippen molar-refractivity contribution in [2.45, 2.75) is 71.9 Å². The summed E-state index contributed by atoms with van der Waals surface area (Å²) in [4.78, 5) is 9.51. The quantitative estimate of drug-likeness (QED) is 0.136. The maximum absolute atomic E-state index is 6.32. The summed E-state index contributed by atoms with van der Waals surface area (Å²) < 4.78 is 6.09. The number of aliphatic imine (C=N–C) groups is 1. The second-order valence-corrected chi connectivity index (χ2v) is 9.72. The SMILES string of the molecule is C=Cc1ccc(Cl)cc1C(N)=NC1CCN(CC/C=C\C(=C/C)OC(C)CCCN(C)C)CC1.CC. The highest BCUT2D eigenvalue weighted by Gasteiger charge is 2.19. The first-order chi connectivity index (χ1) is 17.3. The molecule has 5 nitrogen and oxygen atoms in total. The van der Waals surface area contributed by atoms with Gasteiger partial charge in [-0.3, -0.25) is 4.99 Å². The van der Waals surface area contributed by atoms with Gasteiger partial charge in [-0.15, -0.1) is 0 Å². The molecule has 1 fully saturated rings. The number of piperidine rings is 1. The molecular formula is C30H49ClN4O. The van der Waals surface area contributed by atoms with Crippen LogP contribution in [0.25, 0.3) is 6.08 Å². The first kappa shape index (κ1) is 31.9. The zero-order chi connectivity index (χ0) is 26.9. The molecule has 0 spiro atoms. The largest absolute Gasteiger partial charge is 0.491 e. The average molecular weight is 517 g/mol. The Bertz CT molecular complexity index is 855. The number of likely N-dealkylation sites (tertiary alicyclic amines) is 1. The molecule has 0 aromatic heterocycles. The van der Waals surface area contributed by atoms with Gasteiger partial charge in [0.15, 0.2) is 0 Å². The van der Waals surface area contributed by atoms with Crippen molar-refractivity contribution >= 4 is 23.5 Å². The molecule has 1 unspecified atom stereocenters. The molecule has 202 valence electrons. The van der Waals surface area contributed by atoms with Crippen molar-refractivity contribution in [3.8, 4) is 0 Å². The van der Waals surface area contributed by atoms with E-state index < -0.39 is 0 Å². The molecule has 0 amide bonds. The van der Waals surface area contributed by atoms with E-state index in [9.17, 15) is 0 Å². The number of benzene rings is 1. The third-order valence-electron chi connectivity index (χ3n) is 6.12. The Morgan fingerprint density at radius 2 is 2.00 bits per heavy atom. The summed E-state index contributed by atoms with van der Waals surface area (Å²) in [6, 6.07) is 5.90. The minimum Gasteiger partial charge on any atom is -0.491 e. The first-order valence-electron chi connectivity index (χ1n) is 13.4. The van der Waals surface area contributed by atoms with Crippen molar-refractivity contribution in [3.63, 3.8) is 0 Å². The molecule has 0 aliphatic carbocycles. The number of nitrogens with two attached hydrogens (primary N) is 1. The van der Waals surface area contributed by atoms with Crippen LogP contribution in [0.5, 0.6) is 0 Å². The van der Waals surface area contributed by atoms with Crippen molar-refractivity contribution < 1.29 is 4.74 Å². The maximum Gasteiger partial charge on any atom is 0.126 e. The molecule has 1 heterocycles. The molecule has 1 aliphatic heterocycles. The van der Waals surface area contributed by atoms with Crippen LogP contribution in [0.15, 0.2) is 53.8 Å². The molecule has 1 aliphatic rings. The van der Waals surface area contributed by atoms with Crippen LogP contribution in [0.4, 0.5) is 0 Å². The van der Waals surface area contributed by atoms with Crippen LogP contribution >= 0.6 is 11.6 Å². The van der Waals surface area contributed by atoms with Gasteiger partial charge in [0.2, 0.25) is 0 Å². The molecule has 0 bridgehead atoms. The van der Waals surface area contributed by atoms with E-state index in [-0.39, 0.29) is 12.1 Å². The molecule has 2 N–H and O–H groups in total. The Morgan fingerprint density at radius 1 is 1.31 bits per heavy atom. The van der Waals surface area contributed by atoms with Gasteiger partial charge in [0.25, 0.3) is 0 Å². The lowest BCUT2D eigenvalue weighted by Gasteiger charge is -2.30. The molecule has 1 aromatic rings. The van der Waals surface area contributed by atoms with Gasteiger partial charge in [-0.05, 0) is 96.4 Å². The fourth-order valence-corrected chi connectivity index (χ4v) is 4.29. The summed E-state index contributed by atoms with van der Waals surface area (Å²) in [5.74, 6) is 1.51. The van der Waals surface area contributed by atoms with Crippen molar-refractivity contribution in [2.24, 2.45) is 10.7 Å². The number of hydrogen-bond acceptors (Lipinski definition) is 4. The van der Waals surface area contributed by atoms with Crippen LogP contribution in [-0.4, -0.2) is 68.1 Å². The van der Waals surface area contributed by atoms with E-state index in [1.165, 1.54) is 0 Å². The number of allylic oxidation sites excluding steroid dienone is 2. The summed E-state index contributed by atoms with van der Waals surface area (Å²) in [6.07, 6.45) is 13.7. The van der Waals surface area contributed by atoms with Gasteiger partial charge >= 0.3 is 0 Å². The standard InChI is InChI=1S/C28H43ClN4O.C2H6/c1-6-23-13-14-24(29)21-27(23)28(30)31-25-15-19-33(20-16-25)18-9-8-12-26(7-2)34-22(3)11-10-17-32(4)5;1-2/h6-8,12-14,21-22,25H,1,9-11,15-20H2,2-5H3,(H2,30,31);1-2H3/b12-8-,26-7+;. The van der Waals surface area contributed by atoms with E-state index in [1.54, 1.807) is 6.08 Å². The van der Waals surface area contributed by atoms with Gasteiger partial charge in [0, 0.05) is 30.2 Å². The highest BCUT2D eigenvalue weighted by Crippen LogP contribution is 2.20. The topological polar surface area (TPSA) is 54.1 Å². The smallest absolute Gasteiger partial charge is 0.126 e. The lowest BCUT2D eigenvalue weighted by molar-refractivity contribution is 0.128. The lowest BCUT2D eigenvalue weighted by atomic mass is 10.0. The number of ether oxygens (including phenoxy) is 1. The minimum atomic E-state index is 0.234. The Labute approximate surface area is 225 Å². The number of halogens is 1. The van der Waals surface area contributed by atoms with Gasteiger partial charge in [-0.2, -0.15) is 0 Å². The highest BCUT2D eigenvalue weighted by atomic mass is 35.5. The fraction of sp³-hybridized carbons (Fsp3) is 0.567. The second-order valence-electron chi connectivity index (χ2n) is 9.28. The number of hydrogen-bond donors (Lipinski definition) is 1. The first-order valence-corrected chi connectivity index (χ1v) is 13.8. The molecule has 6 heteroatoms. The Balaban J connectivity index is 0.00000316. The van der Waals surface area contributed by atoms with Crippen molar-refractivity contribution in [3.05, 3.63) is 64.9 Å². The van der Waals surface area contributed by atoms with E-state index in [0.717, 1.165) is 75.2 Å². The zero-order valence-corrected chi connectivity index (χ0v) is 24.2. The van der Waals surface area contributed by atoms with Crippen molar-refractivity contribution in [1.29, 1.82) is 0 Å². The minimum absolute atomic E-state index is 0.234. The molecule has 1 saturated heterocycles. The van der Waals surface area contributed by atoms with E-state index in [2.05, 4.69) is 49.5 Å². The van der Waals surface area contributed by atoms with Gasteiger partial charge in [0.1, 0.15) is 11.6 Å². The van der Waals surface area contributed by atoms with Gasteiger partial charge in [-0.1, -0.05) is 50.2 Å². The normalized spacial score (nSPS) is 16.7. The number of amidine groups is 1. The molecule has 1 atom stereocenters. The fourth-order valence-electron chi connectivity index (χ4n) is 4.11. The van der Waals surface area contributed by atoms with Crippen molar-refractivity contribution in [1.82, 2.24) is 9.80 Å². The van der Waals surface area contributed by atoms with Crippen molar-refractivity contribution in [2.75, 3.05) is 40.3 Å². The van der Waals surface area contributed by atoms with E-state index in [4.69, 9.17) is 27.1 Å². The number of rotatable bonds is 13. The summed E-state index contributed by atoms with van der Waals surface area (Å²) in [6.45, 7) is 16.3. The average Bonchev–Trinajstić information content (AvgIpc) is 2.87. The predicted octanol–water partition coefficient (Wildman–Crippen LogP) is 6.78. The maximum atomic E-state index is 6.32. The monoisotopic (exact) mass is 516 g/mol. The summed E-state index contributed by atoms with van der Waals surface area (Å²) in [5, 5.41) is 0.659. The molecule has 36 heavy (non-hydrogen) atoms. The number of nitrogens with zero attached hydrogens (tertiary/aromatic N) is 3. The van der Waals surface area contributed by atoms with Crippen LogP contribution < -0.4 is 5.73 Å². The van der Waals surface area contributed by atoms with Gasteiger partial charge < -0.3 is 20.3 Å². The zero-order valence-electron chi connectivity index (χ0n) is 23.5. The molecule has 0 radical (unpaired) electrons. The van der Waals surface area contributed by atoms with Crippen LogP contribution in [0.3, 0.4) is 0 Å². The van der Waals surface area contributed by atoms with E-state index in [0.29, 0.717) is 10.9 Å². The van der Waals surface area contributed by atoms with E-state index in [1.807, 2.05) is 45.0 Å². The predicted molar refractivity (Wildman–Crippen MR) is 159 cm³/mol. The third-order valence-corrected chi connectivity index (χ3v) is 6.36. The highest BCUT2D eigenvalue weighted by molar-refractivity contribution is 6.31. The Morgan fingerprint density at radius 3 is 2.61 bits per heavy atom. The van der Waals surface area contributed by atoms with Crippen LogP contribution in [-0.2, 0) is 4.74 Å². The Kier molecular flexibility index (Phi) is 16.2. The third kappa shape index (κ3) is 12.2. The van der Waals surface area contributed by atoms with Crippen LogP contribution in [0, 0.1) is 0 Å². The van der Waals surface area contributed by atoms with Gasteiger partial charge in [-0.25, -0.2) is 0 Å². The summed E-state index contributed by atoms with van der Waals surface area (Å²) in [7, 11) is 4.22. The molecule has 0 saturated carbocycles. The van der Waals surface area contributed by atoms with Crippen LogP contribution in [0.2, 0.25) is 5.02 Å². The van der Waals surface area contributed by atoms with Gasteiger partial charge in [0.05, 0.1) is 12.1 Å². The molecule has 1 aromatic carbocycles. The summed E-state index contributed by atoms with van der Waals surface area (Å²) >= 11 is 6.15. The summed E-state index contributed by atoms with van der Waals surface area (Å²) in [5.41, 5.74) is 8.15. The second kappa shape index (κ2) is 18.2. The van der Waals surface area contributed by atoms with Crippen LogP contribution in [0.1, 0.15) is 70.9 Å². The Hall–Kier alpha value is -2.08. The molecule has 2 rings (SSSR count). The lowest BCUT2D eigenvalue weighted by Crippen LogP contribution is -2.36. The van der Waals surface area contributed by atoms with E-state index >= 15 is 0 Å².